The third-order valence-electron chi connectivity index (χ3n) is 7.21. The summed E-state index contributed by atoms with van der Waals surface area (Å²) in [5, 5.41) is 9.41. The van der Waals surface area contributed by atoms with E-state index < -0.39 is 5.97 Å². The normalized spacial score (nSPS) is 17.6. The van der Waals surface area contributed by atoms with Gasteiger partial charge in [-0.25, -0.2) is 9.18 Å². The highest BCUT2D eigenvalue weighted by molar-refractivity contribution is 5.86. The minimum Gasteiger partial charge on any atom is -0.490 e. The summed E-state index contributed by atoms with van der Waals surface area (Å²) >= 11 is 0. The van der Waals surface area contributed by atoms with Gasteiger partial charge in [-0.15, -0.1) is 0 Å². The van der Waals surface area contributed by atoms with Gasteiger partial charge in [-0.05, 0) is 79.7 Å². The molecule has 3 rings (SSSR count). The third-order valence-corrected chi connectivity index (χ3v) is 7.21. The average molecular weight is 497 g/mol. The molecule has 0 heterocycles. The highest BCUT2D eigenvalue weighted by Crippen LogP contribution is 2.39. The van der Waals surface area contributed by atoms with E-state index >= 15 is 4.39 Å². The fourth-order valence-corrected chi connectivity index (χ4v) is 5.08. The van der Waals surface area contributed by atoms with E-state index in [1.54, 1.807) is 19.1 Å². The van der Waals surface area contributed by atoms with Gasteiger partial charge in [0.15, 0.2) is 0 Å². The maximum absolute atomic E-state index is 15.3. The zero-order valence-corrected chi connectivity index (χ0v) is 21.9. The van der Waals surface area contributed by atoms with E-state index in [9.17, 15) is 9.90 Å². The quantitative estimate of drug-likeness (QED) is 0.179. The molecule has 0 aliphatic heterocycles. The number of carbonyl (C=O) groups is 1. The predicted octanol–water partition coefficient (Wildman–Crippen LogP) is 7.38. The summed E-state index contributed by atoms with van der Waals surface area (Å²) in [6.07, 6.45) is 10.4. The lowest BCUT2D eigenvalue weighted by Crippen LogP contribution is -2.13. The van der Waals surface area contributed by atoms with Crippen LogP contribution in [0.2, 0.25) is 0 Å². The van der Waals surface area contributed by atoms with Crippen LogP contribution in [0.3, 0.4) is 0 Å². The van der Waals surface area contributed by atoms with E-state index in [-0.39, 0.29) is 25.6 Å². The minimum atomic E-state index is -0.463. The highest BCUT2D eigenvalue weighted by Gasteiger charge is 2.23. The monoisotopic (exact) mass is 496 g/mol. The summed E-state index contributed by atoms with van der Waals surface area (Å²) in [7, 11) is 0. The number of rotatable bonds is 13. The summed E-state index contributed by atoms with van der Waals surface area (Å²) in [4.78, 5) is 11.6. The number of hydrogen-bond donors (Lipinski definition) is 1. The number of halogens is 1. The number of aliphatic hydroxyl groups is 1. The van der Waals surface area contributed by atoms with Gasteiger partial charge in [0.1, 0.15) is 24.8 Å². The second-order valence-corrected chi connectivity index (χ2v) is 10.0. The van der Waals surface area contributed by atoms with E-state index in [2.05, 4.69) is 19.6 Å². The molecule has 1 fully saturated rings. The lowest BCUT2D eigenvalue weighted by molar-refractivity contribution is -0.139. The molecule has 1 aliphatic rings. The standard InChI is InChI=1S/C31H41FO4/c1-4-5-6-7-23-8-10-24(11-9-23)26-14-15-28(29(32)20-26)27-13-12-25(16-17-33)30(21-27)35-18-19-36-31(34)22(2)3/h12-15,20-21,23-24,33H,2,4-11,16-19H2,1,3H3. The second-order valence-electron chi connectivity index (χ2n) is 10.0. The summed E-state index contributed by atoms with van der Waals surface area (Å²) in [6, 6.07) is 11.2. The Morgan fingerprint density at radius 2 is 1.86 bits per heavy atom. The van der Waals surface area contributed by atoms with Gasteiger partial charge in [-0.1, -0.05) is 63.5 Å². The number of aliphatic hydroxyl groups excluding tert-OH is 1. The Morgan fingerprint density at radius 1 is 1.08 bits per heavy atom. The van der Waals surface area contributed by atoms with E-state index in [4.69, 9.17) is 9.47 Å². The van der Waals surface area contributed by atoms with Crippen molar-refractivity contribution in [2.45, 2.75) is 77.6 Å². The molecule has 0 saturated heterocycles. The van der Waals surface area contributed by atoms with Crippen LogP contribution < -0.4 is 4.74 Å². The topological polar surface area (TPSA) is 55.8 Å². The minimum absolute atomic E-state index is 0.0236. The molecule has 1 N–H and O–H groups in total. The summed E-state index contributed by atoms with van der Waals surface area (Å²) in [6.45, 7) is 7.61. The molecule has 0 aromatic heterocycles. The van der Waals surface area contributed by atoms with Crippen LogP contribution in [0, 0.1) is 11.7 Å². The third kappa shape index (κ3) is 7.92. The Balaban J connectivity index is 1.66. The van der Waals surface area contributed by atoms with Crippen LogP contribution in [0.15, 0.2) is 48.6 Å². The maximum Gasteiger partial charge on any atom is 0.333 e. The van der Waals surface area contributed by atoms with Crippen molar-refractivity contribution in [3.8, 4) is 16.9 Å². The number of hydrogen-bond acceptors (Lipinski definition) is 4. The van der Waals surface area contributed by atoms with Crippen molar-refractivity contribution in [2.75, 3.05) is 19.8 Å². The molecule has 0 unspecified atom stereocenters. The molecule has 0 radical (unpaired) electrons. The Bertz CT molecular complexity index is 1010. The molecular formula is C31H41FO4. The number of esters is 1. The fraction of sp³-hybridized carbons (Fsp3) is 0.516. The van der Waals surface area contributed by atoms with Crippen LogP contribution in [0.5, 0.6) is 5.75 Å². The number of benzene rings is 2. The molecule has 0 bridgehead atoms. The van der Waals surface area contributed by atoms with Crippen molar-refractivity contribution >= 4 is 5.97 Å². The molecule has 2 aromatic rings. The van der Waals surface area contributed by atoms with Crippen molar-refractivity contribution in [3.05, 3.63) is 65.5 Å². The van der Waals surface area contributed by atoms with Crippen LogP contribution >= 0.6 is 0 Å². The molecule has 5 heteroatoms. The lowest BCUT2D eigenvalue weighted by atomic mass is 9.77. The van der Waals surface area contributed by atoms with E-state index in [1.807, 2.05) is 18.2 Å². The van der Waals surface area contributed by atoms with Gasteiger partial charge in [0.2, 0.25) is 0 Å². The molecule has 1 saturated carbocycles. The molecule has 36 heavy (non-hydrogen) atoms. The molecule has 4 nitrogen and oxygen atoms in total. The first kappa shape index (κ1) is 27.9. The van der Waals surface area contributed by atoms with Crippen molar-refractivity contribution in [1.82, 2.24) is 0 Å². The largest absolute Gasteiger partial charge is 0.490 e. The molecule has 0 spiro atoms. The van der Waals surface area contributed by atoms with Gasteiger partial charge in [0.25, 0.3) is 0 Å². The lowest BCUT2D eigenvalue weighted by Gasteiger charge is -2.29. The van der Waals surface area contributed by atoms with Gasteiger partial charge in [0, 0.05) is 17.7 Å². The van der Waals surface area contributed by atoms with Crippen molar-refractivity contribution in [1.29, 1.82) is 0 Å². The van der Waals surface area contributed by atoms with E-state index in [0.29, 0.717) is 34.8 Å². The van der Waals surface area contributed by atoms with Crippen LogP contribution in [0.1, 0.15) is 82.3 Å². The Morgan fingerprint density at radius 3 is 2.53 bits per heavy atom. The van der Waals surface area contributed by atoms with Gasteiger partial charge in [0.05, 0.1) is 0 Å². The molecule has 0 atom stereocenters. The molecule has 1 aliphatic carbocycles. The van der Waals surface area contributed by atoms with Crippen LogP contribution in [0.4, 0.5) is 4.39 Å². The molecule has 196 valence electrons. The van der Waals surface area contributed by atoms with E-state index in [1.165, 1.54) is 38.5 Å². The first-order chi connectivity index (χ1) is 17.4. The van der Waals surface area contributed by atoms with Gasteiger partial charge >= 0.3 is 5.97 Å². The first-order valence-corrected chi connectivity index (χ1v) is 13.4. The molecule has 2 aromatic carbocycles. The molecule has 0 amide bonds. The summed E-state index contributed by atoms with van der Waals surface area (Å²) in [5.41, 5.74) is 3.49. The predicted molar refractivity (Wildman–Crippen MR) is 143 cm³/mol. The van der Waals surface area contributed by atoms with Crippen molar-refractivity contribution in [2.24, 2.45) is 5.92 Å². The summed E-state index contributed by atoms with van der Waals surface area (Å²) < 4.78 is 26.2. The Labute approximate surface area is 215 Å². The average Bonchev–Trinajstić information content (AvgIpc) is 2.88. The highest BCUT2D eigenvalue weighted by atomic mass is 19.1. The van der Waals surface area contributed by atoms with Crippen LogP contribution in [-0.4, -0.2) is 30.9 Å². The zero-order chi connectivity index (χ0) is 25.9. The van der Waals surface area contributed by atoms with Crippen molar-refractivity contribution < 1.29 is 23.8 Å². The van der Waals surface area contributed by atoms with Crippen LogP contribution in [-0.2, 0) is 16.0 Å². The number of carbonyl (C=O) groups excluding carboxylic acids is 1. The Kier molecular flexibility index (Phi) is 11.0. The zero-order valence-electron chi connectivity index (χ0n) is 21.9. The smallest absolute Gasteiger partial charge is 0.333 e. The Hall–Kier alpha value is -2.66. The van der Waals surface area contributed by atoms with Gasteiger partial charge in [-0.3, -0.25) is 0 Å². The summed E-state index contributed by atoms with van der Waals surface area (Å²) in [5.74, 6) is 1.13. The second kappa shape index (κ2) is 14.2. The first-order valence-electron chi connectivity index (χ1n) is 13.4. The van der Waals surface area contributed by atoms with Crippen molar-refractivity contribution in [3.63, 3.8) is 0 Å². The number of unbranched alkanes of at least 4 members (excludes halogenated alkanes) is 2. The van der Waals surface area contributed by atoms with Crippen LogP contribution in [0.25, 0.3) is 11.1 Å². The molecular weight excluding hydrogens is 455 g/mol. The van der Waals surface area contributed by atoms with Gasteiger partial charge < -0.3 is 14.6 Å². The van der Waals surface area contributed by atoms with Gasteiger partial charge in [-0.2, -0.15) is 0 Å². The fourth-order valence-electron chi connectivity index (χ4n) is 5.08. The SMILES string of the molecule is C=C(C)C(=O)OCCOc1cc(-c2ccc(C3CCC(CCCCC)CC3)cc2F)ccc1CCO. The maximum atomic E-state index is 15.3. The van der Waals surface area contributed by atoms with E-state index in [0.717, 1.165) is 29.9 Å². The number of ether oxygens (including phenoxy) is 2.